The van der Waals surface area contributed by atoms with Gasteiger partial charge in [-0.15, -0.1) is 0 Å². The Morgan fingerprint density at radius 3 is 2.89 bits per heavy atom. The van der Waals surface area contributed by atoms with Crippen LogP contribution in [0, 0.1) is 18.7 Å². The van der Waals surface area contributed by atoms with Crippen LogP contribution in [0.2, 0.25) is 0 Å². The van der Waals surface area contributed by atoms with Gasteiger partial charge in [0.25, 0.3) is 5.91 Å². The van der Waals surface area contributed by atoms with Crippen LogP contribution in [0.1, 0.15) is 35.7 Å². The largest absolute Gasteiger partial charge is 0.393 e. The molecule has 1 fully saturated rings. The molecular formula is C15H20FNO2. The number of halogens is 1. The normalized spacial score (nSPS) is 23.5. The average molecular weight is 265 g/mol. The first-order chi connectivity index (χ1) is 9.02. The van der Waals surface area contributed by atoms with Crippen molar-refractivity contribution < 1.29 is 14.3 Å². The number of benzene rings is 1. The molecule has 1 aromatic carbocycles. The minimum absolute atomic E-state index is 0.119. The SMILES string of the molecule is CCC1CN(C(=O)c2ccc(C)c(F)c2)CCC1O. The number of aryl methyl sites for hydroxylation is 1. The van der Waals surface area contributed by atoms with E-state index in [2.05, 4.69) is 0 Å². The number of carbonyl (C=O) groups excluding carboxylic acids is 1. The second-order valence-corrected chi connectivity index (χ2v) is 5.24. The molecule has 19 heavy (non-hydrogen) atoms. The summed E-state index contributed by atoms with van der Waals surface area (Å²) in [4.78, 5) is 14.0. The molecule has 4 heteroatoms. The van der Waals surface area contributed by atoms with Gasteiger partial charge in [-0.3, -0.25) is 4.79 Å². The highest BCUT2D eigenvalue weighted by atomic mass is 19.1. The molecule has 0 spiro atoms. The molecule has 0 radical (unpaired) electrons. The molecule has 1 amide bonds. The standard InChI is InChI=1S/C15H20FNO2/c1-3-11-9-17(7-6-14(11)18)15(19)12-5-4-10(2)13(16)8-12/h4-5,8,11,14,18H,3,6-7,9H2,1-2H3. The molecule has 1 aliphatic rings. The van der Waals surface area contributed by atoms with Crippen LogP contribution in [0.5, 0.6) is 0 Å². The van der Waals surface area contributed by atoms with E-state index in [4.69, 9.17) is 0 Å². The number of piperidine rings is 1. The smallest absolute Gasteiger partial charge is 0.253 e. The van der Waals surface area contributed by atoms with Crippen LogP contribution in [0.4, 0.5) is 4.39 Å². The van der Waals surface area contributed by atoms with Crippen LogP contribution in [0.25, 0.3) is 0 Å². The second-order valence-electron chi connectivity index (χ2n) is 5.24. The average Bonchev–Trinajstić information content (AvgIpc) is 2.41. The zero-order valence-corrected chi connectivity index (χ0v) is 11.4. The second kappa shape index (κ2) is 5.70. The maximum atomic E-state index is 13.5. The molecule has 1 N–H and O–H groups in total. The third-order valence-corrected chi connectivity index (χ3v) is 3.92. The number of hydrogen-bond donors (Lipinski definition) is 1. The summed E-state index contributed by atoms with van der Waals surface area (Å²) in [6.07, 6.45) is 1.11. The van der Waals surface area contributed by atoms with Crippen molar-refractivity contribution >= 4 is 5.91 Å². The molecule has 2 atom stereocenters. The molecule has 0 bridgehead atoms. The molecular weight excluding hydrogens is 245 g/mol. The molecule has 0 aromatic heterocycles. The fourth-order valence-electron chi connectivity index (χ4n) is 2.51. The number of amides is 1. The lowest BCUT2D eigenvalue weighted by molar-refractivity contribution is 0.0228. The summed E-state index contributed by atoms with van der Waals surface area (Å²) in [6.45, 7) is 4.76. The van der Waals surface area contributed by atoms with Crippen molar-refractivity contribution in [3.63, 3.8) is 0 Å². The summed E-state index contributed by atoms with van der Waals surface area (Å²) in [5.74, 6) is -0.382. The van der Waals surface area contributed by atoms with E-state index in [1.54, 1.807) is 24.0 Å². The number of carbonyl (C=O) groups is 1. The van der Waals surface area contributed by atoms with Gasteiger partial charge in [-0.1, -0.05) is 13.0 Å². The minimum atomic E-state index is -0.352. The maximum Gasteiger partial charge on any atom is 0.253 e. The number of nitrogens with zero attached hydrogens (tertiary/aromatic N) is 1. The van der Waals surface area contributed by atoms with Crippen LogP contribution in [-0.2, 0) is 0 Å². The highest BCUT2D eigenvalue weighted by molar-refractivity contribution is 5.94. The Morgan fingerprint density at radius 2 is 2.26 bits per heavy atom. The van der Waals surface area contributed by atoms with Crippen molar-refractivity contribution in [2.45, 2.75) is 32.8 Å². The fourth-order valence-corrected chi connectivity index (χ4v) is 2.51. The van der Waals surface area contributed by atoms with Gasteiger partial charge in [0.1, 0.15) is 5.82 Å². The minimum Gasteiger partial charge on any atom is -0.393 e. The van der Waals surface area contributed by atoms with Gasteiger partial charge in [0, 0.05) is 24.6 Å². The Balaban J connectivity index is 2.13. The van der Waals surface area contributed by atoms with Crippen LogP contribution in [0.3, 0.4) is 0 Å². The molecule has 0 aliphatic carbocycles. The van der Waals surface area contributed by atoms with E-state index >= 15 is 0 Å². The van der Waals surface area contributed by atoms with Crippen molar-refractivity contribution in [2.24, 2.45) is 5.92 Å². The lowest BCUT2D eigenvalue weighted by atomic mass is 9.92. The zero-order chi connectivity index (χ0) is 14.0. The van der Waals surface area contributed by atoms with Crippen molar-refractivity contribution in [2.75, 3.05) is 13.1 Å². The van der Waals surface area contributed by atoms with Crippen LogP contribution in [0.15, 0.2) is 18.2 Å². The Hall–Kier alpha value is -1.42. The van der Waals surface area contributed by atoms with Crippen LogP contribution >= 0.6 is 0 Å². The molecule has 2 unspecified atom stereocenters. The summed E-state index contributed by atoms with van der Waals surface area (Å²) in [5.41, 5.74) is 0.923. The number of aliphatic hydroxyl groups excluding tert-OH is 1. The molecule has 0 saturated carbocycles. The van der Waals surface area contributed by atoms with Gasteiger partial charge in [-0.05, 0) is 37.5 Å². The molecule has 1 aliphatic heterocycles. The monoisotopic (exact) mass is 265 g/mol. The summed E-state index contributed by atoms with van der Waals surface area (Å²) in [6, 6.07) is 4.58. The highest BCUT2D eigenvalue weighted by Crippen LogP contribution is 2.22. The van der Waals surface area contributed by atoms with Gasteiger partial charge in [-0.2, -0.15) is 0 Å². The lowest BCUT2D eigenvalue weighted by Gasteiger charge is -2.35. The van der Waals surface area contributed by atoms with E-state index in [-0.39, 0.29) is 23.7 Å². The fraction of sp³-hybridized carbons (Fsp3) is 0.533. The van der Waals surface area contributed by atoms with E-state index in [0.717, 1.165) is 6.42 Å². The van der Waals surface area contributed by atoms with Crippen molar-refractivity contribution in [3.8, 4) is 0 Å². The Labute approximate surface area is 113 Å². The lowest BCUT2D eigenvalue weighted by Crippen LogP contribution is -2.45. The highest BCUT2D eigenvalue weighted by Gasteiger charge is 2.29. The molecule has 1 heterocycles. The third kappa shape index (κ3) is 2.95. The number of rotatable bonds is 2. The maximum absolute atomic E-state index is 13.5. The Morgan fingerprint density at radius 1 is 1.53 bits per heavy atom. The van der Waals surface area contributed by atoms with Crippen LogP contribution < -0.4 is 0 Å². The predicted octanol–water partition coefficient (Wildman–Crippen LogP) is 2.37. The van der Waals surface area contributed by atoms with E-state index in [1.807, 2.05) is 6.92 Å². The first-order valence-electron chi connectivity index (χ1n) is 6.76. The van der Waals surface area contributed by atoms with Gasteiger partial charge < -0.3 is 10.0 Å². The van der Waals surface area contributed by atoms with Gasteiger partial charge in [0.05, 0.1) is 6.10 Å². The Bertz CT molecular complexity index is 475. The molecule has 1 saturated heterocycles. The van der Waals surface area contributed by atoms with Crippen molar-refractivity contribution in [1.29, 1.82) is 0 Å². The van der Waals surface area contributed by atoms with Crippen LogP contribution in [-0.4, -0.2) is 35.1 Å². The molecule has 3 nitrogen and oxygen atoms in total. The van der Waals surface area contributed by atoms with Gasteiger partial charge in [-0.25, -0.2) is 4.39 Å². The molecule has 104 valence electrons. The molecule has 1 aromatic rings. The van der Waals surface area contributed by atoms with Gasteiger partial charge >= 0.3 is 0 Å². The first kappa shape index (κ1) is 14.0. The van der Waals surface area contributed by atoms with Crippen molar-refractivity contribution in [3.05, 3.63) is 35.1 Å². The first-order valence-corrected chi connectivity index (χ1v) is 6.76. The number of likely N-dealkylation sites (tertiary alicyclic amines) is 1. The summed E-state index contributed by atoms with van der Waals surface area (Å²) >= 11 is 0. The zero-order valence-electron chi connectivity index (χ0n) is 11.4. The van der Waals surface area contributed by atoms with E-state index in [9.17, 15) is 14.3 Å². The summed E-state index contributed by atoms with van der Waals surface area (Å²) < 4.78 is 13.5. The summed E-state index contributed by atoms with van der Waals surface area (Å²) in [5, 5.41) is 9.82. The third-order valence-electron chi connectivity index (χ3n) is 3.92. The van der Waals surface area contributed by atoms with E-state index in [0.29, 0.717) is 30.6 Å². The van der Waals surface area contributed by atoms with Gasteiger partial charge in [0.15, 0.2) is 0 Å². The Kier molecular flexibility index (Phi) is 4.20. The van der Waals surface area contributed by atoms with E-state index < -0.39 is 0 Å². The van der Waals surface area contributed by atoms with Crippen molar-refractivity contribution in [1.82, 2.24) is 4.90 Å². The van der Waals surface area contributed by atoms with E-state index in [1.165, 1.54) is 6.07 Å². The number of hydrogen-bond acceptors (Lipinski definition) is 2. The predicted molar refractivity (Wildman–Crippen MR) is 71.4 cm³/mol. The van der Waals surface area contributed by atoms with Gasteiger partial charge in [0.2, 0.25) is 0 Å². The topological polar surface area (TPSA) is 40.5 Å². The quantitative estimate of drug-likeness (QED) is 0.891. The number of aliphatic hydroxyl groups is 1. The molecule has 2 rings (SSSR count). The summed E-state index contributed by atoms with van der Waals surface area (Å²) in [7, 11) is 0.